The summed E-state index contributed by atoms with van der Waals surface area (Å²) in [6.07, 6.45) is -0.474. The largest absolute Gasteiger partial charge is 0.444 e. The van der Waals surface area contributed by atoms with Gasteiger partial charge in [0.25, 0.3) is 0 Å². The van der Waals surface area contributed by atoms with E-state index >= 15 is 0 Å². The van der Waals surface area contributed by atoms with Crippen LogP contribution in [0.3, 0.4) is 0 Å². The number of sulfone groups is 1. The molecular weight excluding hydrogens is 397 g/mol. The highest BCUT2D eigenvalue weighted by Gasteiger charge is 2.73. The number of hydrogen-bond acceptors (Lipinski definition) is 5. The second kappa shape index (κ2) is 7.26. The Kier molecular flexibility index (Phi) is 5.25. The van der Waals surface area contributed by atoms with Crippen LogP contribution in [-0.2, 0) is 19.4 Å². The van der Waals surface area contributed by atoms with E-state index in [1.165, 1.54) is 36.4 Å². The average Bonchev–Trinajstić information content (AvgIpc) is 3.31. The van der Waals surface area contributed by atoms with E-state index in [0.717, 1.165) is 0 Å². The van der Waals surface area contributed by atoms with Crippen molar-refractivity contribution in [1.29, 1.82) is 0 Å². The quantitative estimate of drug-likeness (QED) is 0.752. The minimum Gasteiger partial charge on any atom is -0.444 e. The van der Waals surface area contributed by atoms with Crippen molar-refractivity contribution in [1.82, 2.24) is 5.32 Å². The molecule has 1 amide bonds. The summed E-state index contributed by atoms with van der Waals surface area (Å²) < 4.78 is 45.1. The molecule has 8 heteroatoms. The number of halogens is 1. The Morgan fingerprint density at radius 1 is 1.10 bits per heavy atom. The SMILES string of the molecule is CC(C)(C)OC(=O)N[C@@]1(C=O)[C@H](c2ccc(F)cc2)[C@@H]1S(=O)(=O)c1ccccc1. The summed E-state index contributed by atoms with van der Waals surface area (Å²) in [6.45, 7) is 4.97. The predicted octanol–water partition coefficient (Wildman–Crippen LogP) is 3.23. The molecule has 1 aliphatic carbocycles. The monoisotopic (exact) mass is 419 g/mol. The number of hydrogen-bond donors (Lipinski definition) is 1. The van der Waals surface area contributed by atoms with E-state index in [2.05, 4.69) is 5.32 Å². The summed E-state index contributed by atoms with van der Waals surface area (Å²) in [5.74, 6) is -1.37. The van der Waals surface area contributed by atoms with Crippen LogP contribution in [0.25, 0.3) is 0 Å². The zero-order chi connectivity index (χ0) is 21.4. The summed E-state index contributed by atoms with van der Waals surface area (Å²) in [5.41, 5.74) is -2.11. The van der Waals surface area contributed by atoms with Gasteiger partial charge in [-0.3, -0.25) is 0 Å². The molecule has 2 aromatic carbocycles. The van der Waals surface area contributed by atoms with Gasteiger partial charge in [-0.1, -0.05) is 30.3 Å². The topological polar surface area (TPSA) is 89.5 Å². The minimum absolute atomic E-state index is 0.0341. The molecule has 0 heterocycles. The lowest BCUT2D eigenvalue weighted by Gasteiger charge is -2.22. The number of amides is 1. The van der Waals surface area contributed by atoms with Gasteiger partial charge in [0.05, 0.1) is 4.90 Å². The van der Waals surface area contributed by atoms with Crippen molar-refractivity contribution >= 4 is 22.2 Å². The number of rotatable bonds is 5. The summed E-state index contributed by atoms with van der Waals surface area (Å²) in [5, 5.41) is 1.22. The highest BCUT2D eigenvalue weighted by Crippen LogP contribution is 2.56. The Morgan fingerprint density at radius 3 is 2.21 bits per heavy atom. The Balaban J connectivity index is 2.04. The van der Waals surface area contributed by atoms with Crippen LogP contribution >= 0.6 is 0 Å². The van der Waals surface area contributed by atoms with E-state index in [1.54, 1.807) is 39.0 Å². The lowest BCUT2D eigenvalue weighted by atomic mass is 10.1. The molecule has 0 aliphatic heterocycles. The average molecular weight is 419 g/mol. The molecule has 0 aromatic heterocycles. The van der Waals surface area contributed by atoms with Gasteiger partial charge in [-0.15, -0.1) is 0 Å². The van der Waals surface area contributed by atoms with E-state index in [4.69, 9.17) is 4.74 Å². The fourth-order valence-corrected chi connectivity index (χ4v) is 5.75. The number of aldehydes is 1. The maximum atomic E-state index is 13.4. The highest BCUT2D eigenvalue weighted by atomic mass is 32.2. The molecule has 0 spiro atoms. The molecule has 1 fully saturated rings. The first-order chi connectivity index (χ1) is 13.5. The van der Waals surface area contributed by atoms with Crippen molar-refractivity contribution in [3.05, 3.63) is 66.0 Å². The molecule has 6 nitrogen and oxygen atoms in total. The van der Waals surface area contributed by atoms with E-state index in [1.807, 2.05) is 0 Å². The fourth-order valence-electron chi connectivity index (χ4n) is 3.49. The number of carbonyl (C=O) groups excluding carboxylic acids is 2. The molecular formula is C21H22FNO5S. The Bertz CT molecular complexity index is 1020. The minimum atomic E-state index is -3.98. The summed E-state index contributed by atoms with van der Waals surface area (Å²) in [6, 6.07) is 12.9. The summed E-state index contributed by atoms with van der Waals surface area (Å²) in [7, 11) is -3.98. The molecule has 0 radical (unpaired) electrons. The van der Waals surface area contributed by atoms with E-state index < -0.39 is 44.1 Å². The number of benzene rings is 2. The second-order valence-corrected chi connectivity index (χ2v) is 10.1. The van der Waals surface area contributed by atoms with Crippen LogP contribution in [0, 0.1) is 5.82 Å². The molecule has 0 unspecified atom stereocenters. The standard InChI is InChI=1S/C21H22FNO5S/c1-20(2,3)28-19(25)23-21(13-24)17(14-9-11-15(22)12-10-14)18(21)29(26,27)16-7-5-4-6-8-16/h4-13,17-18H,1-3H3,(H,23,25)/t17-,18+,21+/m1/s1. The Labute approximate surface area is 169 Å². The molecule has 154 valence electrons. The molecule has 1 saturated carbocycles. The summed E-state index contributed by atoms with van der Waals surface area (Å²) in [4.78, 5) is 24.5. The smallest absolute Gasteiger partial charge is 0.408 e. The van der Waals surface area contributed by atoms with Crippen molar-refractivity contribution < 1.29 is 27.1 Å². The molecule has 0 saturated heterocycles. The van der Waals surface area contributed by atoms with Gasteiger partial charge < -0.3 is 14.8 Å². The number of ether oxygens (including phenoxy) is 1. The number of carbonyl (C=O) groups is 2. The zero-order valence-corrected chi connectivity index (χ0v) is 17.1. The molecule has 3 rings (SSSR count). The van der Waals surface area contributed by atoms with E-state index in [-0.39, 0.29) is 4.90 Å². The molecule has 1 N–H and O–H groups in total. The van der Waals surface area contributed by atoms with Gasteiger partial charge in [0.1, 0.15) is 28.5 Å². The normalized spacial score (nSPS) is 23.9. The van der Waals surface area contributed by atoms with Gasteiger partial charge in [-0.2, -0.15) is 0 Å². The van der Waals surface area contributed by atoms with Crippen LogP contribution in [-0.4, -0.2) is 37.2 Å². The van der Waals surface area contributed by atoms with Gasteiger partial charge in [-0.05, 0) is 50.6 Å². The number of alkyl carbamates (subject to hydrolysis) is 1. The predicted molar refractivity (Wildman–Crippen MR) is 105 cm³/mol. The first-order valence-corrected chi connectivity index (χ1v) is 10.6. The van der Waals surface area contributed by atoms with Crippen molar-refractivity contribution in [2.75, 3.05) is 0 Å². The summed E-state index contributed by atoms with van der Waals surface area (Å²) >= 11 is 0. The van der Waals surface area contributed by atoms with Crippen LogP contribution < -0.4 is 5.32 Å². The third kappa shape index (κ3) is 4.03. The third-order valence-electron chi connectivity index (χ3n) is 4.73. The molecule has 29 heavy (non-hydrogen) atoms. The Morgan fingerprint density at radius 2 is 1.69 bits per heavy atom. The zero-order valence-electron chi connectivity index (χ0n) is 16.3. The lowest BCUT2D eigenvalue weighted by molar-refractivity contribution is -0.110. The first-order valence-electron chi connectivity index (χ1n) is 9.03. The first kappa shape index (κ1) is 21.0. The fraction of sp³-hybridized carbons (Fsp3) is 0.333. The van der Waals surface area contributed by atoms with Gasteiger partial charge in [0.2, 0.25) is 0 Å². The van der Waals surface area contributed by atoms with Crippen LogP contribution in [0.1, 0.15) is 32.3 Å². The number of nitrogens with one attached hydrogen (secondary N) is 1. The molecule has 3 atom stereocenters. The van der Waals surface area contributed by atoms with Crippen molar-refractivity contribution in [3.8, 4) is 0 Å². The van der Waals surface area contributed by atoms with E-state index in [9.17, 15) is 22.4 Å². The maximum Gasteiger partial charge on any atom is 0.408 e. The van der Waals surface area contributed by atoms with Gasteiger partial charge in [0, 0.05) is 5.92 Å². The molecule has 1 aliphatic rings. The maximum absolute atomic E-state index is 13.4. The van der Waals surface area contributed by atoms with Crippen molar-refractivity contribution in [2.45, 2.75) is 48.0 Å². The van der Waals surface area contributed by atoms with Gasteiger partial charge in [0.15, 0.2) is 9.84 Å². The molecule has 0 bridgehead atoms. The van der Waals surface area contributed by atoms with Crippen LogP contribution in [0.5, 0.6) is 0 Å². The van der Waals surface area contributed by atoms with E-state index in [0.29, 0.717) is 11.8 Å². The van der Waals surface area contributed by atoms with Gasteiger partial charge >= 0.3 is 6.09 Å². The second-order valence-electron chi connectivity index (χ2n) is 7.99. The van der Waals surface area contributed by atoms with Crippen LogP contribution in [0.2, 0.25) is 0 Å². The van der Waals surface area contributed by atoms with Crippen LogP contribution in [0.15, 0.2) is 59.5 Å². The third-order valence-corrected chi connectivity index (χ3v) is 6.99. The van der Waals surface area contributed by atoms with Crippen LogP contribution in [0.4, 0.5) is 9.18 Å². The van der Waals surface area contributed by atoms with Crippen molar-refractivity contribution in [2.24, 2.45) is 0 Å². The lowest BCUT2D eigenvalue weighted by Crippen LogP contribution is -2.45. The molecule has 2 aromatic rings. The van der Waals surface area contributed by atoms with Gasteiger partial charge in [-0.25, -0.2) is 17.6 Å². The Hall–Kier alpha value is -2.74. The highest BCUT2D eigenvalue weighted by molar-refractivity contribution is 7.92. The van der Waals surface area contributed by atoms with Crippen molar-refractivity contribution in [3.63, 3.8) is 0 Å².